The zero-order valence-electron chi connectivity index (χ0n) is 18.8. The van der Waals surface area contributed by atoms with E-state index in [-0.39, 0.29) is 18.1 Å². The Morgan fingerprint density at radius 3 is 2.47 bits per heavy atom. The number of benzene rings is 2. The molecule has 7 nitrogen and oxygen atoms in total. The molecule has 0 N–H and O–H groups in total. The molecule has 0 saturated carbocycles. The van der Waals surface area contributed by atoms with Gasteiger partial charge < -0.3 is 14.2 Å². The third kappa shape index (κ3) is 6.05. The predicted molar refractivity (Wildman–Crippen MR) is 132 cm³/mol. The summed E-state index contributed by atoms with van der Waals surface area (Å²) in [5.74, 6) is -0.189. The van der Waals surface area contributed by atoms with Crippen LogP contribution < -0.4 is 9.47 Å². The molecule has 1 aliphatic heterocycles. The first-order valence-electron chi connectivity index (χ1n) is 10.5. The molecule has 10 heteroatoms. The average Bonchev–Trinajstić information content (AvgIpc) is 3.08. The molecule has 2 aromatic rings. The Balaban J connectivity index is 1.79. The maximum Gasteiger partial charge on any atom is 0.329 e. The molecule has 0 spiro atoms. The highest BCUT2D eigenvalue weighted by atomic mass is 35.5. The molecule has 3 rings (SSSR count). The molecule has 1 heterocycles. The highest BCUT2D eigenvalue weighted by Crippen LogP contribution is 2.36. The minimum absolute atomic E-state index is 0.162. The summed E-state index contributed by atoms with van der Waals surface area (Å²) in [5, 5.41) is 0.378. The molecule has 34 heavy (non-hydrogen) atoms. The number of rotatable bonds is 9. The topological polar surface area (TPSA) is 82.1 Å². The van der Waals surface area contributed by atoms with E-state index in [1.165, 1.54) is 6.92 Å². The zero-order chi connectivity index (χ0) is 24.8. The van der Waals surface area contributed by atoms with Crippen molar-refractivity contribution in [2.45, 2.75) is 33.4 Å². The fourth-order valence-electron chi connectivity index (χ4n) is 3.13. The van der Waals surface area contributed by atoms with E-state index in [4.69, 9.17) is 37.4 Å². The second-order valence-electron chi connectivity index (χ2n) is 7.16. The van der Waals surface area contributed by atoms with Crippen LogP contribution in [0.2, 0.25) is 10.0 Å². The number of esters is 1. The van der Waals surface area contributed by atoms with Crippen molar-refractivity contribution in [2.24, 2.45) is 0 Å². The van der Waals surface area contributed by atoms with Gasteiger partial charge in [-0.1, -0.05) is 35.3 Å². The molecule has 2 amide bonds. The summed E-state index contributed by atoms with van der Waals surface area (Å²) < 4.78 is 16.5. The van der Waals surface area contributed by atoms with Gasteiger partial charge in [0.1, 0.15) is 12.6 Å². The molecule has 0 radical (unpaired) electrons. The van der Waals surface area contributed by atoms with Crippen molar-refractivity contribution in [1.82, 2.24) is 4.90 Å². The van der Waals surface area contributed by atoms with Crippen molar-refractivity contribution < 1.29 is 28.6 Å². The van der Waals surface area contributed by atoms with Gasteiger partial charge in [-0.25, -0.2) is 4.79 Å². The normalized spacial score (nSPS) is 15.6. The van der Waals surface area contributed by atoms with Crippen molar-refractivity contribution in [3.05, 3.63) is 62.5 Å². The lowest BCUT2D eigenvalue weighted by Crippen LogP contribution is -2.42. The van der Waals surface area contributed by atoms with E-state index in [0.717, 1.165) is 22.2 Å². The molecular formula is C24H23Cl2NO6S. The number of carbonyl (C=O) groups excluding carboxylic acids is 3. The summed E-state index contributed by atoms with van der Waals surface area (Å²) in [4.78, 5) is 38.3. The molecule has 1 aliphatic rings. The van der Waals surface area contributed by atoms with Crippen molar-refractivity contribution in [1.29, 1.82) is 0 Å². The van der Waals surface area contributed by atoms with E-state index in [1.807, 2.05) is 13.0 Å². The van der Waals surface area contributed by atoms with Crippen molar-refractivity contribution in [3.8, 4) is 11.5 Å². The molecule has 180 valence electrons. The minimum atomic E-state index is -1.01. The number of thioether (sulfide) groups is 1. The Labute approximate surface area is 211 Å². The Hall–Kier alpha value is -2.68. The molecule has 1 atom stereocenters. The quantitative estimate of drug-likeness (QED) is 0.296. The molecule has 1 saturated heterocycles. The Kier molecular flexibility index (Phi) is 8.88. The minimum Gasteiger partial charge on any atom is -0.490 e. The summed E-state index contributed by atoms with van der Waals surface area (Å²) in [5.41, 5.74) is 1.48. The van der Waals surface area contributed by atoms with Crippen LogP contribution >= 0.6 is 35.0 Å². The number of nitrogens with zero attached hydrogens (tertiary/aromatic N) is 1. The Morgan fingerprint density at radius 2 is 1.79 bits per heavy atom. The largest absolute Gasteiger partial charge is 0.490 e. The van der Waals surface area contributed by atoms with E-state index in [1.54, 1.807) is 43.3 Å². The van der Waals surface area contributed by atoms with Crippen molar-refractivity contribution >= 4 is 58.2 Å². The number of carbonyl (C=O) groups is 3. The van der Waals surface area contributed by atoms with Crippen LogP contribution in [0.3, 0.4) is 0 Å². The summed E-state index contributed by atoms with van der Waals surface area (Å²) in [7, 11) is 0. The van der Waals surface area contributed by atoms with Crippen LogP contribution in [0.25, 0.3) is 6.08 Å². The van der Waals surface area contributed by atoms with Gasteiger partial charge in [0.2, 0.25) is 0 Å². The zero-order valence-corrected chi connectivity index (χ0v) is 21.1. The summed E-state index contributed by atoms with van der Waals surface area (Å²) >= 11 is 12.8. The van der Waals surface area contributed by atoms with E-state index >= 15 is 0 Å². The van der Waals surface area contributed by atoms with Gasteiger partial charge in [0, 0.05) is 0 Å². The lowest BCUT2D eigenvalue weighted by Gasteiger charge is -2.19. The van der Waals surface area contributed by atoms with E-state index in [2.05, 4.69) is 0 Å². The maximum atomic E-state index is 12.8. The van der Waals surface area contributed by atoms with Gasteiger partial charge in [0.05, 0.1) is 28.2 Å². The summed E-state index contributed by atoms with van der Waals surface area (Å²) in [6, 6.07) is 9.42. The first kappa shape index (κ1) is 25.9. The highest BCUT2D eigenvalue weighted by Gasteiger charge is 2.41. The number of amides is 2. The van der Waals surface area contributed by atoms with Crippen molar-refractivity contribution in [3.63, 3.8) is 0 Å². The second kappa shape index (κ2) is 11.6. The lowest BCUT2D eigenvalue weighted by atomic mass is 10.1. The fraction of sp³-hybridized carbons (Fsp3) is 0.292. The van der Waals surface area contributed by atoms with Gasteiger partial charge in [-0.2, -0.15) is 0 Å². The molecule has 1 fully saturated rings. The Bertz CT molecular complexity index is 1140. The fourth-order valence-corrected chi connectivity index (χ4v) is 4.35. The first-order chi connectivity index (χ1) is 16.2. The maximum absolute atomic E-state index is 12.8. The van der Waals surface area contributed by atoms with E-state index < -0.39 is 23.2 Å². The lowest BCUT2D eigenvalue weighted by molar-refractivity contribution is -0.150. The van der Waals surface area contributed by atoms with Crippen molar-refractivity contribution in [2.75, 3.05) is 13.2 Å². The third-order valence-electron chi connectivity index (χ3n) is 4.78. The van der Waals surface area contributed by atoms with Gasteiger partial charge in [-0.05, 0) is 74.0 Å². The van der Waals surface area contributed by atoms with Crippen LogP contribution in [-0.4, -0.2) is 41.3 Å². The first-order valence-corrected chi connectivity index (χ1v) is 12.1. The van der Waals surface area contributed by atoms with Crippen LogP contribution in [0.15, 0.2) is 41.3 Å². The van der Waals surface area contributed by atoms with Crippen LogP contribution in [0.4, 0.5) is 4.79 Å². The molecule has 0 aromatic heterocycles. The third-order valence-corrected chi connectivity index (χ3v) is 6.41. The molecule has 0 bridgehead atoms. The smallest absolute Gasteiger partial charge is 0.329 e. The Morgan fingerprint density at radius 1 is 1.03 bits per heavy atom. The number of ether oxygens (including phenoxy) is 3. The van der Waals surface area contributed by atoms with Gasteiger partial charge in [-0.15, -0.1) is 0 Å². The number of imide groups is 1. The van der Waals surface area contributed by atoms with Crippen LogP contribution in [0.5, 0.6) is 11.5 Å². The molecular weight excluding hydrogens is 501 g/mol. The number of halogens is 2. The van der Waals surface area contributed by atoms with Crippen LogP contribution in [0.1, 0.15) is 31.9 Å². The van der Waals surface area contributed by atoms with Gasteiger partial charge >= 0.3 is 5.97 Å². The van der Waals surface area contributed by atoms with E-state index in [0.29, 0.717) is 33.7 Å². The van der Waals surface area contributed by atoms with Gasteiger partial charge in [0.15, 0.2) is 11.5 Å². The molecule has 0 aliphatic carbocycles. The van der Waals surface area contributed by atoms with E-state index in [9.17, 15) is 14.4 Å². The summed E-state index contributed by atoms with van der Waals surface area (Å²) in [6.07, 6.45) is 1.58. The highest BCUT2D eigenvalue weighted by molar-refractivity contribution is 8.18. The second-order valence-corrected chi connectivity index (χ2v) is 8.96. The number of hydrogen-bond acceptors (Lipinski definition) is 7. The van der Waals surface area contributed by atoms with Gasteiger partial charge in [0.25, 0.3) is 11.1 Å². The SMILES string of the molecule is CCOC(=O)[C@H](C)N1C(=O)S/C(=C/c2ccc(OCc3ccc(Cl)c(Cl)c3)c(OCC)c2)C1=O. The average molecular weight is 524 g/mol. The molecule has 2 aromatic carbocycles. The monoisotopic (exact) mass is 523 g/mol. The standard InChI is InChI=1S/C24H23Cl2NO6S/c1-4-31-20-11-15(7-9-19(20)33-13-16-6-8-17(25)18(26)10-16)12-21-22(28)27(24(30)34-21)14(3)23(29)32-5-2/h6-12,14H,4-5,13H2,1-3H3/b21-12+/t14-/m0/s1. The van der Waals surface area contributed by atoms with Crippen LogP contribution in [-0.2, 0) is 20.9 Å². The van der Waals surface area contributed by atoms with Gasteiger partial charge in [-0.3, -0.25) is 14.5 Å². The predicted octanol–water partition coefficient (Wildman–Crippen LogP) is 5.96. The number of hydrogen-bond donors (Lipinski definition) is 0. The summed E-state index contributed by atoms with van der Waals surface area (Å²) in [6.45, 7) is 5.78. The van der Waals surface area contributed by atoms with Crippen LogP contribution in [0, 0.1) is 0 Å². The molecule has 0 unspecified atom stereocenters.